The minimum atomic E-state index is -1.07. The maximum absolute atomic E-state index is 12.0. The quantitative estimate of drug-likeness (QED) is 0.782. The number of hydrogen-bond donors (Lipinski definition) is 2. The fraction of sp³-hybridized carbons (Fsp3) is 0.222. The van der Waals surface area contributed by atoms with Crippen LogP contribution in [0.4, 0.5) is 5.69 Å². The Labute approximate surface area is 150 Å². The zero-order valence-electron chi connectivity index (χ0n) is 13.8. The molecule has 0 saturated heterocycles. The summed E-state index contributed by atoms with van der Waals surface area (Å²) >= 11 is 6.02. The molecule has 0 aromatic heterocycles. The Balaban J connectivity index is 2.03. The van der Waals surface area contributed by atoms with Crippen LogP contribution in [0.3, 0.4) is 0 Å². The van der Waals surface area contributed by atoms with Gasteiger partial charge in [-0.2, -0.15) is 0 Å². The zero-order chi connectivity index (χ0) is 18.4. The van der Waals surface area contributed by atoms with Crippen molar-refractivity contribution in [1.82, 2.24) is 0 Å². The van der Waals surface area contributed by atoms with Gasteiger partial charge in [-0.15, -0.1) is 0 Å². The molecule has 2 rings (SSSR count). The lowest BCUT2D eigenvalue weighted by Crippen LogP contribution is -2.20. The van der Waals surface area contributed by atoms with Crippen molar-refractivity contribution in [1.29, 1.82) is 0 Å². The molecule has 1 amide bonds. The number of aromatic carboxylic acids is 1. The van der Waals surface area contributed by atoms with Gasteiger partial charge in [0.25, 0.3) is 5.91 Å². The van der Waals surface area contributed by atoms with Gasteiger partial charge in [-0.25, -0.2) is 4.79 Å². The molecular weight excluding hydrogens is 346 g/mol. The Bertz CT molecular complexity index is 791. The summed E-state index contributed by atoms with van der Waals surface area (Å²) in [6, 6.07) is 9.41. The summed E-state index contributed by atoms with van der Waals surface area (Å²) < 4.78 is 10.8. The van der Waals surface area contributed by atoms with E-state index in [9.17, 15) is 9.59 Å². The molecule has 0 atom stereocenters. The van der Waals surface area contributed by atoms with Gasteiger partial charge < -0.3 is 19.9 Å². The van der Waals surface area contributed by atoms with Crippen molar-refractivity contribution in [2.75, 3.05) is 18.5 Å². The molecule has 132 valence electrons. The molecule has 0 bridgehead atoms. The van der Waals surface area contributed by atoms with Crippen molar-refractivity contribution in [2.24, 2.45) is 0 Å². The minimum Gasteiger partial charge on any atom is -0.490 e. The summed E-state index contributed by atoms with van der Waals surface area (Å²) in [7, 11) is 0. The van der Waals surface area contributed by atoms with E-state index in [4.69, 9.17) is 26.2 Å². The summed E-state index contributed by atoms with van der Waals surface area (Å²) in [6.07, 6.45) is 0. The van der Waals surface area contributed by atoms with Crippen LogP contribution in [0.5, 0.6) is 11.5 Å². The Morgan fingerprint density at radius 1 is 1.12 bits per heavy atom. The van der Waals surface area contributed by atoms with Crippen molar-refractivity contribution < 1.29 is 24.2 Å². The minimum absolute atomic E-state index is 0.0783. The average molecular weight is 364 g/mol. The van der Waals surface area contributed by atoms with Gasteiger partial charge in [0.05, 0.1) is 12.2 Å². The highest BCUT2D eigenvalue weighted by molar-refractivity contribution is 6.31. The van der Waals surface area contributed by atoms with Crippen LogP contribution in [0.15, 0.2) is 36.4 Å². The fourth-order valence-corrected chi connectivity index (χ4v) is 2.22. The number of ether oxygens (including phenoxy) is 2. The van der Waals surface area contributed by atoms with Gasteiger partial charge in [-0.1, -0.05) is 17.7 Å². The van der Waals surface area contributed by atoms with E-state index in [1.165, 1.54) is 18.2 Å². The van der Waals surface area contributed by atoms with Crippen LogP contribution < -0.4 is 14.8 Å². The number of nitrogens with one attached hydrogen (secondary N) is 1. The van der Waals surface area contributed by atoms with Crippen molar-refractivity contribution in [3.05, 3.63) is 52.5 Å². The molecule has 6 nitrogen and oxygen atoms in total. The van der Waals surface area contributed by atoms with E-state index in [1.54, 1.807) is 25.1 Å². The van der Waals surface area contributed by atoms with E-state index in [-0.39, 0.29) is 23.8 Å². The first-order chi connectivity index (χ1) is 11.9. The fourth-order valence-electron chi connectivity index (χ4n) is 2.04. The molecule has 0 aliphatic carbocycles. The standard InChI is InChI=1S/C18H18ClNO5/c1-3-24-16-8-12(18(22)23)5-7-15(16)25-10-17(21)20-13-6-4-11(2)14(19)9-13/h4-9H,3,10H2,1-2H3,(H,20,21)(H,22,23). The van der Waals surface area contributed by atoms with Gasteiger partial charge in [0, 0.05) is 10.7 Å². The first-order valence-corrected chi connectivity index (χ1v) is 7.97. The highest BCUT2D eigenvalue weighted by Crippen LogP contribution is 2.28. The van der Waals surface area contributed by atoms with Gasteiger partial charge >= 0.3 is 5.97 Å². The number of carbonyl (C=O) groups excluding carboxylic acids is 1. The number of amides is 1. The van der Waals surface area contributed by atoms with Crippen molar-refractivity contribution >= 4 is 29.2 Å². The topological polar surface area (TPSA) is 84.9 Å². The van der Waals surface area contributed by atoms with E-state index >= 15 is 0 Å². The molecule has 0 unspecified atom stereocenters. The summed E-state index contributed by atoms with van der Waals surface area (Å²) in [6.45, 7) is 3.73. The SMILES string of the molecule is CCOc1cc(C(=O)O)ccc1OCC(=O)Nc1ccc(C)c(Cl)c1. The Hall–Kier alpha value is -2.73. The van der Waals surface area contributed by atoms with Crippen molar-refractivity contribution in [3.8, 4) is 11.5 Å². The highest BCUT2D eigenvalue weighted by Gasteiger charge is 2.12. The van der Waals surface area contributed by atoms with Crippen LogP contribution in [0, 0.1) is 6.92 Å². The number of rotatable bonds is 7. The number of carboxylic acids is 1. The predicted molar refractivity (Wildman–Crippen MR) is 94.9 cm³/mol. The van der Waals surface area contributed by atoms with Crippen LogP contribution in [0.1, 0.15) is 22.8 Å². The molecule has 0 spiro atoms. The summed E-state index contributed by atoms with van der Waals surface area (Å²) in [5, 5.41) is 12.3. The molecular formula is C18H18ClNO5. The monoisotopic (exact) mass is 363 g/mol. The van der Waals surface area contributed by atoms with Gasteiger partial charge in [0.15, 0.2) is 18.1 Å². The highest BCUT2D eigenvalue weighted by atomic mass is 35.5. The molecule has 0 radical (unpaired) electrons. The predicted octanol–water partition coefficient (Wildman–Crippen LogP) is 3.76. The Morgan fingerprint density at radius 3 is 2.52 bits per heavy atom. The molecule has 7 heteroatoms. The van der Waals surface area contributed by atoms with Gasteiger partial charge in [-0.3, -0.25) is 4.79 Å². The van der Waals surface area contributed by atoms with E-state index < -0.39 is 5.97 Å². The van der Waals surface area contributed by atoms with Crippen molar-refractivity contribution in [3.63, 3.8) is 0 Å². The second-order valence-electron chi connectivity index (χ2n) is 5.20. The van der Waals surface area contributed by atoms with Crippen LogP contribution in [0.25, 0.3) is 0 Å². The lowest BCUT2D eigenvalue weighted by molar-refractivity contribution is -0.118. The molecule has 2 N–H and O–H groups in total. The lowest BCUT2D eigenvalue weighted by atomic mass is 10.2. The van der Waals surface area contributed by atoms with Crippen LogP contribution in [0.2, 0.25) is 5.02 Å². The first-order valence-electron chi connectivity index (χ1n) is 7.59. The summed E-state index contributed by atoms with van der Waals surface area (Å²) in [5.74, 6) is -0.872. The number of hydrogen-bond acceptors (Lipinski definition) is 4. The average Bonchev–Trinajstić information content (AvgIpc) is 2.57. The molecule has 0 fully saturated rings. The Kier molecular flexibility index (Phi) is 6.25. The largest absolute Gasteiger partial charge is 0.490 e. The first kappa shape index (κ1) is 18.6. The summed E-state index contributed by atoms with van der Waals surface area (Å²) in [5.41, 5.74) is 1.56. The third-order valence-corrected chi connectivity index (χ3v) is 3.71. The van der Waals surface area contributed by atoms with Gasteiger partial charge in [0.1, 0.15) is 0 Å². The maximum atomic E-state index is 12.0. The Morgan fingerprint density at radius 2 is 1.88 bits per heavy atom. The number of halogens is 1. The number of carboxylic acid groups (broad SMARTS) is 1. The maximum Gasteiger partial charge on any atom is 0.335 e. The van der Waals surface area contributed by atoms with Gasteiger partial charge in [0.2, 0.25) is 0 Å². The summed E-state index contributed by atoms with van der Waals surface area (Å²) in [4.78, 5) is 23.0. The van der Waals surface area contributed by atoms with Crippen LogP contribution in [-0.4, -0.2) is 30.2 Å². The molecule has 0 aliphatic rings. The molecule has 0 aliphatic heterocycles. The number of anilines is 1. The number of aryl methyl sites for hydroxylation is 1. The lowest BCUT2D eigenvalue weighted by Gasteiger charge is -2.13. The molecule has 25 heavy (non-hydrogen) atoms. The van der Waals surface area contributed by atoms with E-state index in [0.29, 0.717) is 23.1 Å². The van der Waals surface area contributed by atoms with Crippen molar-refractivity contribution in [2.45, 2.75) is 13.8 Å². The van der Waals surface area contributed by atoms with Gasteiger partial charge in [-0.05, 0) is 49.7 Å². The van der Waals surface area contributed by atoms with E-state index in [0.717, 1.165) is 5.56 Å². The third-order valence-electron chi connectivity index (χ3n) is 3.30. The number of benzene rings is 2. The molecule has 0 heterocycles. The molecule has 0 saturated carbocycles. The van der Waals surface area contributed by atoms with Crippen LogP contribution >= 0.6 is 11.6 Å². The molecule has 2 aromatic rings. The van der Waals surface area contributed by atoms with E-state index in [2.05, 4.69) is 5.32 Å². The third kappa shape index (κ3) is 5.12. The van der Waals surface area contributed by atoms with Crippen LogP contribution in [-0.2, 0) is 4.79 Å². The second kappa shape index (κ2) is 8.39. The zero-order valence-corrected chi connectivity index (χ0v) is 14.6. The second-order valence-corrected chi connectivity index (χ2v) is 5.61. The number of carbonyl (C=O) groups is 2. The van der Waals surface area contributed by atoms with E-state index in [1.807, 2.05) is 6.92 Å². The smallest absolute Gasteiger partial charge is 0.335 e. The molecule has 2 aromatic carbocycles. The normalized spacial score (nSPS) is 10.2.